The molecular weight excluding hydrogens is 287 g/mol. The highest BCUT2D eigenvalue weighted by Gasteiger charge is 2.54. The topological polar surface area (TPSA) is 74.7 Å². The van der Waals surface area contributed by atoms with Crippen LogP contribution in [0.2, 0.25) is 0 Å². The van der Waals surface area contributed by atoms with Crippen LogP contribution in [0.15, 0.2) is 0 Å². The molecular formula is C10H16F3NO4S. The molecule has 9 heteroatoms. The Morgan fingerprint density at radius 3 is 2.42 bits per heavy atom. The Balaban J connectivity index is 3.06. The third kappa shape index (κ3) is 3.02. The normalized spacial score (nSPS) is 26.3. The molecule has 0 spiro atoms. The second-order valence-electron chi connectivity index (χ2n) is 4.72. The van der Waals surface area contributed by atoms with Crippen LogP contribution in [-0.2, 0) is 14.8 Å². The summed E-state index contributed by atoms with van der Waals surface area (Å²) < 4.78 is 60.3. The summed E-state index contributed by atoms with van der Waals surface area (Å²) in [6.07, 6.45) is 0.931. The van der Waals surface area contributed by atoms with E-state index in [1.807, 2.05) is 0 Å². The van der Waals surface area contributed by atoms with Crippen molar-refractivity contribution in [1.82, 2.24) is 4.31 Å². The van der Waals surface area contributed by atoms with Crippen molar-refractivity contribution in [1.29, 1.82) is 0 Å². The minimum absolute atomic E-state index is 0.113. The highest BCUT2D eigenvalue weighted by Crippen LogP contribution is 2.38. The lowest BCUT2D eigenvalue weighted by Crippen LogP contribution is -2.52. The van der Waals surface area contributed by atoms with Gasteiger partial charge in [-0.05, 0) is 19.3 Å². The maximum absolute atomic E-state index is 12.5. The predicted molar refractivity (Wildman–Crippen MR) is 60.8 cm³/mol. The minimum Gasteiger partial charge on any atom is -0.481 e. The quantitative estimate of drug-likeness (QED) is 0.859. The van der Waals surface area contributed by atoms with Crippen LogP contribution in [0.4, 0.5) is 13.2 Å². The zero-order chi connectivity index (χ0) is 14.9. The van der Waals surface area contributed by atoms with Gasteiger partial charge in [-0.25, -0.2) is 8.42 Å². The summed E-state index contributed by atoms with van der Waals surface area (Å²) in [6.45, 7) is 0.806. The summed E-state index contributed by atoms with van der Waals surface area (Å²) in [5, 5.41) is 9.20. The van der Waals surface area contributed by atoms with Gasteiger partial charge in [-0.1, -0.05) is 13.3 Å². The van der Waals surface area contributed by atoms with Crippen LogP contribution in [0.25, 0.3) is 0 Å². The number of halogens is 3. The molecule has 1 saturated heterocycles. The molecule has 0 radical (unpaired) electrons. The minimum atomic E-state index is -5.45. The molecule has 1 rings (SSSR count). The van der Waals surface area contributed by atoms with Gasteiger partial charge in [-0.15, -0.1) is 0 Å². The van der Waals surface area contributed by atoms with Crippen molar-refractivity contribution in [2.45, 2.75) is 38.1 Å². The van der Waals surface area contributed by atoms with Crippen LogP contribution in [-0.4, -0.2) is 42.4 Å². The first-order chi connectivity index (χ1) is 8.57. The molecule has 0 aliphatic carbocycles. The smallest absolute Gasteiger partial charge is 0.481 e. The third-order valence-electron chi connectivity index (χ3n) is 3.36. The summed E-state index contributed by atoms with van der Waals surface area (Å²) in [7, 11) is -5.45. The largest absolute Gasteiger partial charge is 0.511 e. The van der Waals surface area contributed by atoms with Crippen molar-refractivity contribution in [3.8, 4) is 0 Å². The van der Waals surface area contributed by atoms with Gasteiger partial charge in [0.05, 0.1) is 5.41 Å². The molecule has 1 N–H and O–H groups in total. The zero-order valence-electron chi connectivity index (χ0n) is 10.4. The number of hydrogen-bond donors (Lipinski definition) is 1. The average Bonchev–Trinajstić information content (AvgIpc) is 2.28. The van der Waals surface area contributed by atoms with E-state index in [0.29, 0.717) is 6.42 Å². The van der Waals surface area contributed by atoms with Gasteiger partial charge >= 0.3 is 21.5 Å². The first-order valence-corrected chi connectivity index (χ1v) is 7.30. The summed E-state index contributed by atoms with van der Waals surface area (Å²) in [5.74, 6) is -1.24. The molecule has 1 unspecified atom stereocenters. The summed E-state index contributed by atoms with van der Waals surface area (Å²) in [4.78, 5) is 11.3. The maximum atomic E-state index is 12.5. The van der Waals surface area contributed by atoms with E-state index in [1.54, 1.807) is 6.92 Å². The number of piperidine rings is 1. The highest BCUT2D eigenvalue weighted by atomic mass is 32.2. The molecule has 1 aliphatic rings. The molecule has 0 saturated carbocycles. The van der Waals surface area contributed by atoms with E-state index < -0.39 is 33.5 Å². The van der Waals surface area contributed by atoms with Crippen LogP contribution in [0.1, 0.15) is 32.6 Å². The number of carboxylic acids is 1. The lowest BCUT2D eigenvalue weighted by atomic mass is 9.77. The molecule has 0 aromatic rings. The lowest BCUT2D eigenvalue weighted by molar-refractivity contribution is -0.152. The second kappa shape index (κ2) is 5.28. The first kappa shape index (κ1) is 16.2. The highest BCUT2D eigenvalue weighted by molar-refractivity contribution is 7.90. The molecule has 1 atom stereocenters. The fraction of sp³-hybridized carbons (Fsp3) is 0.900. The van der Waals surface area contributed by atoms with E-state index in [1.165, 1.54) is 0 Å². The van der Waals surface area contributed by atoms with Gasteiger partial charge < -0.3 is 5.11 Å². The van der Waals surface area contributed by atoms with Crippen LogP contribution < -0.4 is 0 Å². The number of aliphatic carboxylic acids is 1. The molecule has 1 aliphatic heterocycles. The zero-order valence-corrected chi connectivity index (χ0v) is 11.2. The van der Waals surface area contributed by atoms with Crippen molar-refractivity contribution < 1.29 is 31.5 Å². The number of carbonyl (C=O) groups is 1. The number of alkyl halides is 3. The van der Waals surface area contributed by atoms with Crippen molar-refractivity contribution >= 4 is 16.0 Å². The van der Waals surface area contributed by atoms with Crippen molar-refractivity contribution in [3.63, 3.8) is 0 Å². The fourth-order valence-electron chi connectivity index (χ4n) is 2.41. The van der Waals surface area contributed by atoms with Crippen molar-refractivity contribution in [2.75, 3.05) is 13.1 Å². The fourth-order valence-corrected chi connectivity index (χ4v) is 3.48. The van der Waals surface area contributed by atoms with Crippen LogP contribution in [0.5, 0.6) is 0 Å². The molecule has 112 valence electrons. The van der Waals surface area contributed by atoms with Gasteiger partial charge in [0.25, 0.3) is 0 Å². The SMILES string of the molecule is CCCC1(C(=O)O)CCCN(S(=O)(=O)C(F)(F)F)C1. The molecule has 0 amide bonds. The molecule has 0 aromatic carbocycles. The van der Waals surface area contributed by atoms with Crippen molar-refractivity contribution in [3.05, 3.63) is 0 Å². The van der Waals surface area contributed by atoms with E-state index in [-0.39, 0.29) is 30.1 Å². The number of nitrogens with zero attached hydrogens (tertiary/aromatic N) is 1. The van der Waals surface area contributed by atoms with Gasteiger partial charge in [0.15, 0.2) is 0 Å². The number of sulfonamides is 1. The average molecular weight is 303 g/mol. The van der Waals surface area contributed by atoms with Gasteiger partial charge in [-0.3, -0.25) is 4.79 Å². The van der Waals surface area contributed by atoms with Gasteiger partial charge in [0.1, 0.15) is 0 Å². The predicted octanol–water partition coefficient (Wildman–Crippen LogP) is 1.80. The molecule has 0 bridgehead atoms. The van der Waals surface area contributed by atoms with Crippen molar-refractivity contribution in [2.24, 2.45) is 5.41 Å². The number of rotatable bonds is 4. The Morgan fingerprint density at radius 1 is 1.42 bits per heavy atom. The standard InChI is InChI=1S/C10H16F3NO4S/c1-2-4-9(8(15)16)5-3-6-14(7-9)19(17,18)10(11,12)13/h2-7H2,1H3,(H,15,16). The monoisotopic (exact) mass is 303 g/mol. The van der Waals surface area contributed by atoms with Crippen LogP contribution >= 0.6 is 0 Å². The Hall–Kier alpha value is -0.830. The van der Waals surface area contributed by atoms with E-state index in [0.717, 1.165) is 0 Å². The van der Waals surface area contributed by atoms with Crippen LogP contribution in [0.3, 0.4) is 0 Å². The number of carboxylic acid groups (broad SMARTS) is 1. The summed E-state index contributed by atoms with van der Waals surface area (Å²) >= 11 is 0. The molecule has 5 nitrogen and oxygen atoms in total. The van der Waals surface area contributed by atoms with Gasteiger partial charge in [0.2, 0.25) is 0 Å². The number of hydrogen-bond acceptors (Lipinski definition) is 3. The molecule has 1 heterocycles. The third-order valence-corrected chi connectivity index (χ3v) is 4.93. The van der Waals surface area contributed by atoms with Gasteiger partial charge in [0, 0.05) is 13.1 Å². The Labute approximate surface area is 109 Å². The summed E-state index contributed by atoms with van der Waals surface area (Å²) in [5.41, 5.74) is -6.80. The molecule has 0 aromatic heterocycles. The second-order valence-corrected chi connectivity index (χ2v) is 6.65. The Bertz CT molecular complexity index is 444. The summed E-state index contributed by atoms with van der Waals surface area (Å²) in [6, 6.07) is 0. The van der Waals surface area contributed by atoms with E-state index in [4.69, 9.17) is 0 Å². The van der Waals surface area contributed by atoms with Crippen LogP contribution in [0, 0.1) is 5.41 Å². The van der Waals surface area contributed by atoms with E-state index in [2.05, 4.69) is 0 Å². The first-order valence-electron chi connectivity index (χ1n) is 5.86. The van der Waals surface area contributed by atoms with E-state index in [9.17, 15) is 31.5 Å². The molecule has 1 fully saturated rings. The Morgan fingerprint density at radius 2 is 2.00 bits per heavy atom. The Kier molecular flexibility index (Phi) is 4.51. The maximum Gasteiger partial charge on any atom is 0.511 e. The molecule has 19 heavy (non-hydrogen) atoms. The van der Waals surface area contributed by atoms with E-state index >= 15 is 0 Å². The van der Waals surface area contributed by atoms with Gasteiger partial charge in [-0.2, -0.15) is 17.5 Å². The lowest BCUT2D eigenvalue weighted by Gasteiger charge is -2.39.